The molecule has 0 atom stereocenters. The Morgan fingerprint density at radius 1 is 1.04 bits per heavy atom. The van der Waals surface area contributed by atoms with E-state index in [1.165, 1.54) is 30.3 Å². The number of amides is 1. The molecule has 2 aromatic carbocycles. The molecule has 0 fully saturated rings. The summed E-state index contributed by atoms with van der Waals surface area (Å²) in [6.45, 7) is 0. The summed E-state index contributed by atoms with van der Waals surface area (Å²) in [6, 6.07) is 9.43. The molecule has 2 aromatic rings. The van der Waals surface area contributed by atoms with E-state index >= 15 is 0 Å². The first-order chi connectivity index (χ1) is 10.6. The molecule has 0 unspecified atom stereocenters. The number of benzene rings is 2. The highest BCUT2D eigenvalue weighted by molar-refractivity contribution is 7.90. The van der Waals surface area contributed by atoms with Crippen molar-refractivity contribution in [3.63, 3.8) is 0 Å². The highest BCUT2D eigenvalue weighted by atomic mass is 32.2. The second-order valence-corrected chi connectivity index (χ2v) is 6.85. The number of rotatable bonds is 3. The molecule has 0 radical (unpaired) electrons. The molecule has 0 heterocycles. The molecule has 122 valence electrons. The molecule has 0 spiro atoms. The van der Waals surface area contributed by atoms with Crippen molar-refractivity contribution < 1.29 is 26.4 Å². The Kier molecular flexibility index (Phi) is 4.46. The van der Waals surface area contributed by atoms with Gasteiger partial charge in [-0.1, -0.05) is 12.1 Å². The van der Waals surface area contributed by atoms with Crippen LogP contribution in [0.3, 0.4) is 0 Å². The van der Waals surface area contributed by atoms with Crippen molar-refractivity contribution in [2.45, 2.75) is 11.1 Å². The van der Waals surface area contributed by atoms with Gasteiger partial charge < -0.3 is 5.32 Å². The van der Waals surface area contributed by atoms with Gasteiger partial charge in [0.2, 0.25) is 0 Å². The number of alkyl halides is 3. The molecule has 0 aliphatic carbocycles. The largest absolute Gasteiger partial charge is 0.416 e. The van der Waals surface area contributed by atoms with Gasteiger partial charge in [0.05, 0.1) is 10.5 Å². The molecule has 0 aromatic heterocycles. The molecule has 0 saturated heterocycles. The Morgan fingerprint density at radius 2 is 1.70 bits per heavy atom. The van der Waals surface area contributed by atoms with Gasteiger partial charge in [0.25, 0.3) is 5.91 Å². The summed E-state index contributed by atoms with van der Waals surface area (Å²) in [5.41, 5.74) is -0.935. The van der Waals surface area contributed by atoms with Gasteiger partial charge >= 0.3 is 6.18 Å². The standard InChI is InChI=1S/C15H12F3NO3S/c1-23(21,22)13-7-3-6-12(9-13)19-14(20)10-4-2-5-11(8-10)15(16,17)18/h2-9H,1H3,(H,19,20). The van der Waals surface area contributed by atoms with E-state index in [0.717, 1.165) is 24.5 Å². The van der Waals surface area contributed by atoms with Crippen molar-refractivity contribution in [1.82, 2.24) is 0 Å². The summed E-state index contributed by atoms with van der Waals surface area (Å²) in [4.78, 5) is 12.0. The Labute approximate surface area is 130 Å². The van der Waals surface area contributed by atoms with Crippen LogP contribution in [0.25, 0.3) is 0 Å². The van der Waals surface area contributed by atoms with Gasteiger partial charge in [-0.15, -0.1) is 0 Å². The lowest BCUT2D eigenvalue weighted by atomic mass is 10.1. The Hall–Kier alpha value is -2.35. The minimum Gasteiger partial charge on any atom is -0.322 e. The highest BCUT2D eigenvalue weighted by Gasteiger charge is 2.30. The van der Waals surface area contributed by atoms with Gasteiger partial charge in [0.15, 0.2) is 9.84 Å². The van der Waals surface area contributed by atoms with Gasteiger partial charge in [-0.25, -0.2) is 8.42 Å². The maximum Gasteiger partial charge on any atom is 0.416 e. The number of hydrogen-bond acceptors (Lipinski definition) is 3. The van der Waals surface area contributed by atoms with Crippen LogP contribution in [-0.2, 0) is 16.0 Å². The average molecular weight is 343 g/mol. The lowest BCUT2D eigenvalue weighted by Gasteiger charge is -2.10. The average Bonchev–Trinajstić information content (AvgIpc) is 2.46. The third-order valence-electron chi connectivity index (χ3n) is 2.97. The Bertz CT molecular complexity index is 845. The van der Waals surface area contributed by atoms with Crippen LogP contribution in [0, 0.1) is 0 Å². The summed E-state index contributed by atoms with van der Waals surface area (Å²) in [5.74, 6) is -0.762. The fourth-order valence-corrected chi connectivity index (χ4v) is 2.51. The molecular weight excluding hydrogens is 331 g/mol. The van der Waals surface area contributed by atoms with Crippen molar-refractivity contribution in [2.75, 3.05) is 11.6 Å². The molecule has 1 amide bonds. The Balaban J connectivity index is 2.27. The van der Waals surface area contributed by atoms with Gasteiger partial charge in [0, 0.05) is 17.5 Å². The molecule has 23 heavy (non-hydrogen) atoms. The zero-order valence-corrected chi connectivity index (χ0v) is 12.7. The third-order valence-corrected chi connectivity index (χ3v) is 4.08. The first-order valence-electron chi connectivity index (χ1n) is 6.36. The second-order valence-electron chi connectivity index (χ2n) is 4.83. The molecular formula is C15H12F3NO3S. The first kappa shape index (κ1) is 17.0. The number of nitrogens with one attached hydrogen (secondary N) is 1. The number of hydrogen-bond donors (Lipinski definition) is 1. The van der Waals surface area contributed by atoms with Crippen LogP contribution in [0.15, 0.2) is 53.4 Å². The van der Waals surface area contributed by atoms with E-state index in [2.05, 4.69) is 5.32 Å². The quantitative estimate of drug-likeness (QED) is 0.929. The van der Waals surface area contributed by atoms with Crippen molar-refractivity contribution in [3.8, 4) is 0 Å². The van der Waals surface area contributed by atoms with Crippen molar-refractivity contribution in [3.05, 3.63) is 59.7 Å². The second kappa shape index (κ2) is 6.04. The van der Waals surface area contributed by atoms with E-state index < -0.39 is 27.5 Å². The third kappa shape index (κ3) is 4.32. The van der Waals surface area contributed by atoms with E-state index in [1.54, 1.807) is 0 Å². The van der Waals surface area contributed by atoms with Crippen LogP contribution in [-0.4, -0.2) is 20.6 Å². The van der Waals surface area contributed by atoms with Crippen LogP contribution in [0.2, 0.25) is 0 Å². The minimum absolute atomic E-state index is 0.000609. The number of sulfone groups is 1. The summed E-state index contributed by atoms with van der Waals surface area (Å²) < 4.78 is 60.8. The summed E-state index contributed by atoms with van der Waals surface area (Å²) in [5, 5.41) is 2.38. The summed E-state index contributed by atoms with van der Waals surface area (Å²) >= 11 is 0. The fraction of sp³-hybridized carbons (Fsp3) is 0.133. The van der Waals surface area contributed by atoms with Crippen LogP contribution < -0.4 is 5.32 Å². The van der Waals surface area contributed by atoms with Gasteiger partial charge in [-0.3, -0.25) is 4.79 Å². The van der Waals surface area contributed by atoms with E-state index in [9.17, 15) is 26.4 Å². The summed E-state index contributed by atoms with van der Waals surface area (Å²) in [7, 11) is -3.45. The SMILES string of the molecule is CS(=O)(=O)c1cccc(NC(=O)c2cccc(C(F)(F)F)c2)c1. The lowest BCUT2D eigenvalue weighted by Crippen LogP contribution is -2.14. The van der Waals surface area contributed by atoms with Crippen molar-refractivity contribution in [1.29, 1.82) is 0 Å². The van der Waals surface area contributed by atoms with E-state index in [0.29, 0.717) is 0 Å². The monoisotopic (exact) mass is 343 g/mol. The molecule has 4 nitrogen and oxygen atoms in total. The number of carbonyl (C=O) groups excluding carboxylic acids is 1. The molecule has 0 bridgehead atoms. The van der Waals surface area contributed by atoms with E-state index in [-0.39, 0.29) is 16.1 Å². The molecule has 1 N–H and O–H groups in total. The van der Waals surface area contributed by atoms with Crippen molar-refractivity contribution in [2.24, 2.45) is 0 Å². The van der Waals surface area contributed by atoms with Gasteiger partial charge in [0.1, 0.15) is 0 Å². The normalized spacial score (nSPS) is 12.0. The van der Waals surface area contributed by atoms with Crippen LogP contribution in [0.1, 0.15) is 15.9 Å². The van der Waals surface area contributed by atoms with Crippen LogP contribution >= 0.6 is 0 Å². The van der Waals surface area contributed by atoms with Gasteiger partial charge in [-0.05, 0) is 36.4 Å². The Morgan fingerprint density at radius 3 is 2.30 bits per heavy atom. The molecule has 8 heteroatoms. The first-order valence-corrected chi connectivity index (χ1v) is 8.25. The van der Waals surface area contributed by atoms with Crippen molar-refractivity contribution >= 4 is 21.4 Å². The zero-order valence-electron chi connectivity index (χ0n) is 11.9. The van der Waals surface area contributed by atoms with E-state index in [1.807, 2.05) is 0 Å². The number of halogens is 3. The number of carbonyl (C=O) groups is 1. The zero-order chi connectivity index (χ0) is 17.3. The molecule has 0 aliphatic rings. The number of anilines is 1. The minimum atomic E-state index is -4.55. The summed E-state index contributed by atoms with van der Waals surface area (Å²) in [6.07, 6.45) is -3.53. The van der Waals surface area contributed by atoms with E-state index in [4.69, 9.17) is 0 Å². The smallest absolute Gasteiger partial charge is 0.322 e. The maximum atomic E-state index is 12.6. The van der Waals surface area contributed by atoms with Crippen LogP contribution in [0.4, 0.5) is 18.9 Å². The molecule has 0 aliphatic heterocycles. The predicted molar refractivity (Wildman–Crippen MR) is 78.9 cm³/mol. The van der Waals surface area contributed by atoms with Crippen LogP contribution in [0.5, 0.6) is 0 Å². The predicted octanol–water partition coefficient (Wildman–Crippen LogP) is 3.36. The highest BCUT2D eigenvalue weighted by Crippen LogP contribution is 2.29. The fourth-order valence-electron chi connectivity index (χ4n) is 1.84. The maximum absolute atomic E-state index is 12.6. The molecule has 0 saturated carbocycles. The topological polar surface area (TPSA) is 63.2 Å². The molecule has 2 rings (SSSR count). The lowest BCUT2D eigenvalue weighted by molar-refractivity contribution is -0.137. The van der Waals surface area contributed by atoms with Gasteiger partial charge in [-0.2, -0.15) is 13.2 Å².